The number of rotatable bonds is 4. The molecule has 4 rings (SSSR count). The summed E-state index contributed by atoms with van der Waals surface area (Å²) in [5, 5.41) is 20.6. The largest absolute Gasteiger partial charge is 0.464 e. The van der Waals surface area contributed by atoms with Crippen molar-refractivity contribution in [2.24, 2.45) is 0 Å². The second-order valence-corrected chi connectivity index (χ2v) is 9.71. The average molecular weight is 429 g/mol. The number of anilines is 1. The van der Waals surface area contributed by atoms with Crippen LogP contribution in [0.5, 0.6) is 0 Å². The van der Waals surface area contributed by atoms with Gasteiger partial charge in [0.15, 0.2) is 0 Å². The van der Waals surface area contributed by atoms with Gasteiger partial charge in [-0.3, -0.25) is 0 Å². The van der Waals surface area contributed by atoms with Gasteiger partial charge in [-0.05, 0) is 36.8 Å². The predicted octanol–water partition coefficient (Wildman–Crippen LogP) is 2.66. The van der Waals surface area contributed by atoms with Crippen molar-refractivity contribution in [3.8, 4) is 11.3 Å². The number of hydrogen-bond acceptors (Lipinski definition) is 5. The Morgan fingerprint density at radius 3 is 2.50 bits per heavy atom. The molecule has 1 atom stereocenters. The Labute approximate surface area is 174 Å². The fourth-order valence-electron chi connectivity index (χ4n) is 3.89. The van der Waals surface area contributed by atoms with Crippen molar-refractivity contribution in [3.63, 3.8) is 0 Å². The molecule has 1 aliphatic rings. The monoisotopic (exact) mass is 429 g/mol. The highest BCUT2D eigenvalue weighted by atomic mass is 32.2. The van der Waals surface area contributed by atoms with Gasteiger partial charge in [-0.2, -0.15) is 0 Å². The van der Waals surface area contributed by atoms with Gasteiger partial charge in [-0.1, -0.05) is 18.2 Å². The summed E-state index contributed by atoms with van der Waals surface area (Å²) >= 11 is 0. The molecule has 1 fully saturated rings. The maximum atomic E-state index is 12.7. The zero-order valence-electron chi connectivity index (χ0n) is 16.7. The van der Waals surface area contributed by atoms with Crippen molar-refractivity contribution in [3.05, 3.63) is 48.5 Å². The standard InChI is InChI=1S/C21H23N3O5S/c1-22(2)30(28,29)16-7-8-19(23-10-9-15(25)13-23)17(12-16)20-11-14-5-3-4-6-18(14)24(20)21(26)27/h3-8,11-12,15,25H,9-10,13H2,1-2H3,(H,26,27)/t15-/m0/s1. The Kier molecular flexibility index (Phi) is 5.05. The van der Waals surface area contributed by atoms with Gasteiger partial charge in [-0.25, -0.2) is 22.1 Å². The van der Waals surface area contributed by atoms with E-state index in [0.29, 0.717) is 42.0 Å². The lowest BCUT2D eigenvalue weighted by Crippen LogP contribution is -2.24. The van der Waals surface area contributed by atoms with E-state index < -0.39 is 22.2 Å². The molecule has 3 aromatic rings. The predicted molar refractivity (Wildman–Crippen MR) is 115 cm³/mol. The summed E-state index contributed by atoms with van der Waals surface area (Å²) in [7, 11) is -0.808. The van der Waals surface area contributed by atoms with Crippen molar-refractivity contribution in [1.29, 1.82) is 0 Å². The highest BCUT2D eigenvalue weighted by Crippen LogP contribution is 2.38. The summed E-state index contributed by atoms with van der Waals surface area (Å²) in [5.41, 5.74) is 2.09. The molecule has 0 aliphatic carbocycles. The van der Waals surface area contributed by atoms with Gasteiger partial charge >= 0.3 is 6.09 Å². The first-order valence-corrected chi connectivity index (χ1v) is 11.0. The molecule has 1 saturated heterocycles. The van der Waals surface area contributed by atoms with Crippen LogP contribution in [0.25, 0.3) is 22.2 Å². The second-order valence-electron chi connectivity index (χ2n) is 7.56. The molecule has 0 amide bonds. The van der Waals surface area contributed by atoms with Crippen molar-refractivity contribution in [1.82, 2.24) is 8.87 Å². The van der Waals surface area contributed by atoms with Gasteiger partial charge < -0.3 is 15.1 Å². The van der Waals surface area contributed by atoms with Crippen LogP contribution >= 0.6 is 0 Å². The fourth-order valence-corrected chi connectivity index (χ4v) is 4.82. The first kappa shape index (κ1) is 20.4. The summed E-state index contributed by atoms with van der Waals surface area (Å²) in [6.07, 6.45) is -1.04. The van der Waals surface area contributed by atoms with Gasteiger partial charge in [0.1, 0.15) is 0 Å². The summed E-state index contributed by atoms with van der Waals surface area (Å²) in [4.78, 5) is 14.2. The van der Waals surface area contributed by atoms with Gasteiger partial charge in [0.05, 0.1) is 22.2 Å². The van der Waals surface area contributed by atoms with Crippen molar-refractivity contribution < 1.29 is 23.4 Å². The fraction of sp³-hybridized carbons (Fsp3) is 0.286. The van der Waals surface area contributed by atoms with Crippen LogP contribution in [0.4, 0.5) is 10.5 Å². The number of benzene rings is 2. The Bertz CT molecular complexity index is 1230. The number of aliphatic hydroxyl groups excluding tert-OH is 1. The molecular weight excluding hydrogens is 406 g/mol. The molecule has 0 unspecified atom stereocenters. The minimum absolute atomic E-state index is 0.0770. The molecule has 1 aliphatic heterocycles. The number of carboxylic acid groups (broad SMARTS) is 1. The number of nitrogens with zero attached hydrogens (tertiary/aromatic N) is 3. The second kappa shape index (κ2) is 7.42. The molecule has 0 bridgehead atoms. The Morgan fingerprint density at radius 2 is 1.87 bits per heavy atom. The van der Waals surface area contributed by atoms with Crippen molar-refractivity contribution >= 4 is 32.7 Å². The van der Waals surface area contributed by atoms with Gasteiger partial charge in [0.25, 0.3) is 0 Å². The Balaban J connectivity index is 2.01. The van der Waals surface area contributed by atoms with E-state index in [9.17, 15) is 23.4 Å². The van der Waals surface area contributed by atoms with Crippen molar-refractivity contribution in [2.75, 3.05) is 32.1 Å². The van der Waals surface area contributed by atoms with Gasteiger partial charge in [0.2, 0.25) is 10.0 Å². The van der Waals surface area contributed by atoms with E-state index in [1.807, 2.05) is 17.0 Å². The number of fused-ring (bicyclic) bond motifs is 1. The number of carbonyl (C=O) groups is 1. The maximum Gasteiger partial charge on any atom is 0.416 e. The lowest BCUT2D eigenvalue weighted by atomic mass is 10.1. The first-order valence-electron chi connectivity index (χ1n) is 9.54. The molecule has 2 aromatic carbocycles. The highest BCUT2D eigenvalue weighted by molar-refractivity contribution is 7.89. The minimum atomic E-state index is -3.71. The van der Waals surface area contributed by atoms with Crippen LogP contribution in [0.3, 0.4) is 0 Å². The molecule has 2 heterocycles. The van der Waals surface area contributed by atoms with Crippen LogP contribution in [0, 0.1) is 0 Å². The lowest BCUT2D eigenvalue weighted by molar-refractivity contribution is 0.197. The number of aromatic nitrogens is 1. The molecule has 2 N–H and O–H groups in total. The summed E-state index contributed by atoms with van der Waals surface area (Å²) in [5.74, 6) is 0. The van der Waals surface area contributed by atoms with E-state index in [2.05, 4.69) is 0 Å². The number of para-hydroxylation sites is 1. The highest BCUT2D eigenvalue weighted by Gasteiger charge is 2.27. The quantitative estimate of drug-likeness (QED) is 0.661. The maximum absolute atomic E-state index is 12.7. The van der Waals surface area contributed by atoms with Crippen molar-refractivity contribution in [2.45, 2.75) is 17.4 Å². The van der Waals surface area contributed by atoms with Crippen LogP contribution in [-0.2, 0) is 10.0 Å². The summed E-state index contributed by atoms with van der Waals surface area (Å²) in [6.45, 7) is 1.00. The van der Waals surface area contributed by atoms with E-state index in [1.54, 1.807) is 24.3 Å². The molecule has 0 saturated carbocycles. The SMILES string of the molecule is CN(C)S(=O)(=O)c1ccc(N2CC[C@H](O)C2)c(-c2cc3ccccc3n2C(=O)O)c1. The smallest absolute Gasteiger partial charge is 0.416 e. The van der Waals surface area contributed by atoms with Crippen LogP contribution in [0.1, 0.15) is 6.42 Å². The average Bonchev–Trinajstić information content (AvgIpc) is 3.30. The number of sulfonamides is 1. The normalized spacial score (nSPS) is 17.2. The Hall–Kier alpha value is -2.88. The molecule has 158 valence electrons. The zero-order chi connectivity index (χ0) is 21.6. The van der Waals surface area contributed by atoms with Gasteiger partial charge in [-0.15, -0.1) is 0 Å². The molecule has 30 heavy (non-hydrogen) atoms. The third kappa shape index (κ3) is 3.34. The zero-order valence-corrected chi connectivity index (χ0v) is 17.5. The van der Waals surface area contributed by atoms with E-state index in [-0.39, 0.29) is 4.90 Å². The Morgan fingerprint density at radius 1 is 1.13 bits per heavy atom. The summed E-state index contributed by atoms with van der Waals surface area (Å²) in [6, 6.07) is 13.6. The van der Waals surface area contributed by atoms with Crippen LogP contribution in [0.15, 0.2) is 53.4 Å². The lowest BCUT2D eigenvalue weighted by Gasteiger charge is -2.23. The molecule has 1 aromatic heterocycles. The minimum Gasteiger partial charge on any atom is -0.464 e. The molecule has 8 nitrogen and oxygen atoms in total. The third-order valence-electron chi connectivity index (χ3n) is 5.43. The molecular formula is C21H23N3O5S. The molecule has 9 heteroatoms. The van der Waals surface area contributed by atoms with Crippen LogP contribution < -0.4 is 4.90 Å². The number of aliphatic hydroxyl groups is 1. The van der Waals surface area contributed by atoms with Crippen LogP contribution in [0.2, 0.25) is 0 Å². The van der Waals surface area contributed by atoms with Crippen LogP contribution in [-0.4, -0.2) is 66.9 Å². The summed E-state index contributed by atoms with van der Waals surface area (Å²) < 4.78 is 27.8. The van der Waals surface area contributed by atoms with E-state index in [0.717, 1.165) is 9.69 Å². The first-order chi connectivity index (χ1) is 14.2. The van der Waals surface area contributed by atoms with Gasteiger partial charge in [0, 0.05) is 43.8 Å². The third-order valence-corrected chi connectivity index (χ3v) is 7.24. The van der Waals surface area contributed by atoms with E-state index >= 15 is 0 Å². The molecule has 0 spiro atoms. The topological polar surface area (TPSA) is 103 Å². The number of hydrogen-bond donors (Lipinski definition) is 2. The van der Waals surface area contributed by atoms with E-state index in [1.165, 1.54) is 30.8 Å². The number of β-amino-alcohol motifs (C(OH)–C–C–N with tert-alkyl or cyclic N) is 1. The van der Waals surface area contributed by atoms with E-state index in [4.69, 9.17) is 0 Å². The molecule has 0 radical (unpaired) electrons.